The third kappa shape index (κ3) is 2.93. The topological polar surface area (TPSA) is 30.0 Å². The molecule has 0 unspecified atom stereocenters. The first-order valence-electron chi connectivity index (χ1n) is 5.04. The van der Waals surface area contributed by atoms with Crippen molar-refractivity contribution < 1.29 is 13.6 Å². The smallest absolute Gasteiger partial charge is 0.185 e. The van der Waals surface area contributed by atoms with Crippen molar-refractivity contribution in [1.82, 2.24) is 4.98 Å². The Bertz CT molecular complexity index is 537. The number of aromatic nitrogens is 1. The predicted molar refractivity (Wildman–Crippen MR) is 58.6 cm³/mol. The van der Waals surface area contributed by atoms with Crippen LogP contribution < -0.4 is 0 Å². The average Bonchev–Trinajstić information content (AvgIpc) is 2.29. The van der Waals surface area contributed by atoms with Gasteiger partial charge < -0.3 is 0 Å². The summed E-state index contributed by atoms with van der Waals surface area (Å²) in [5, 5.41) is 0. The molecule has 2 rings (SSSR count). The maximum atomic E-state index is 12.9. The van der Waals surface area contributed by atoms with Crippen LogP contribution in [0.5, 0.6) is 0 Å². The van der Waals surface area contributed by atoms with E-state index in [1.165, 1.54) is 30.3 Å². The number of hydrogen-bond acceptors (Lipinski definition) is 2. The first kappa shape index (κ1) is 11.4. The molecule has 2 nitrogen and oxygen atoms in total. The van der Waals surface area contributed by atoms with Crippen molar-refractivity contribution in [3.63, 3.8) is 0 Å². The van der Waals surface area contributed by atoms with E-state index >= 15 is 0 Å². The summed E-state index contributed by atoms with van der Waals surface area (Å²) in [4.78, 5) is 15.4. The van der Waals surface area contributed by atoms with Crippen LogP contribution in [0.4, 0.5) is 8.78 Å². The van der Waals surface area contributed by atoms with Gasteiger partial charge >= 0.3 is 0 Å². The van der Waals surface area contributed by atoms with E-state index in [1.54, 1.807) is 6.07 Å². The molecule has 0 aliphatic carbocycles. The van der Waals surface area contributed by atoms with Gasteiger partial charge in [0.05, 0.1) is 6.20 Å². The zero-order valence-corrected chi connectivity index (χ0v) is 8.86. The highest BCUT2D eigenvalue weighted by Crippen LogP contribution is 2.08. The number of carbonyl (C=O) groups is 1. The second-order valence-corrected chi connectivity index (χ2v) is 3.59. The van der Waals surface area contributed by atoms with Gasteiger partial charge in [-0.05, 0) is 29.8 Å². The van der Waals surface area contributed by atoms with Crippen LogP contribution in [0, 0.1) is 11.6 Å². The number of benzene rings is 1. The minimum Gasteiger partial charge on any atom is -0.292 e. The molecule has 0 spiro atoms. The summed E-state index contributed by atoms with van der Waals surface area (Å²) >= 11 is 0. The maximum absolute atomic E-state index is 12.9. The molecule has 4 heteroatoms. The lowest BCUT2D eigenvalue weighted by atomic mass is 10.1. The van der Waals surface area contributed by atoms with Crippen molar-refractivity contribution >= 4 is 5.78 Å². The van der Waals surface area contributed by atoms with Gasteiger partial charge in [-0.25, -0.2) is 8.78 Å². The van der Waals surface area contributed by atoms with Gasteiger partial charge in [-0.3, -0.25) is 9.78 Å². The molecule has 1 aromatic carbocycles. The standard InChI is InChI=1S/C13H9F2NO/c14-10-3-1-2-9(6-10)7-13(17)12-5-4-11(15)8-16-12/h1-6,8H,7H2. The van der Waals surface area contributed by atoms with Gasteiger partial charge in [0.15, 0.2) is 5.78 Å². The molecule has 0 amide bonds. The number of nitrogens with zero attached hydrogens (tertiary/aromatic N) is 1. The maximum Gasteiger partial charge on any atom is 0.185 e. The Morgan fingerprint density at radius 1 is 1.12 bits per heavy atom. The van der Waals surface area contributed by atoms with Crippen LogP contribution in [0.3, 0.4) is 0 Å². The normalized spacial score (nSPS) is 10.2. The highest BCUT2D eigenvalue weighted by Gasteiger charge is 2.08. The van der Waals surface area contributed by atoms with E-state index in [4.69, 9.17) is 0 Å². The molecule has 17 heavy (non-hydrogen) atoms. The van der Waals surface area contributed by atoms with Gasteiger partial charge in [0.1, 0.15) is 17.3 Å². The van der Waals surface area contributed by atoms with Gasteiger partial charge in [-0.1, -0.05) is 12.1 Å². The fourth-order valence-electron chi connectivity index (χ4n) is 1.46. The van der Waals surface area contributed by atoms with E-state index in [9.17, 15) is 13.6 Å². The van der Waals surface area contributed by atoms with Crippen LogP contribution in [0.25, 0.3) is 0 Å². The zero-order valence-electron chi connectivity index (χ0n) is 8.86. The second kappa shape index (κ2) is 4.82. The monoisotopic (exact) mass is 233 g/mol. The summed E-state index contributed by atoms with van der Waals surface area (Å²) in [5.41, 5.74) is 0.747. The molecule has 0 saturated carbocycles. The molecule has 0 bridgehead atoms. The van der Waals surface area contributed by atoms with Crippen molar-refractivity contribution in [2.24, 2.45) is 0 Å². The van der Waals surface area contributed by atoms with Crippen molar-refractivity contribution in [3.05, 3.63) is 65.5 Å². The second-order valence-electron chi connectivity index (χ2n) is 3.59. The van der Waals surface area contributed by atoms with Crippen molar-refractivity contribution in [2.75, 3.05) is 0 Å². The molecule has 0 aliphatic rings. The summed E-state index contributed by atoms with van der Waals surface area (Å²) in [6.45, 7) is 0. The van der Waals surface area contributed by atoms with Gasteiger partial charge in [-0.15, -0.1) is 0 Å². The van der Waals surface area contributed by atoms with Crippen LogP contribution in [0.15, 0.2) is 42.6 Å². The number of halogens is 2. The summed E-state index contributed by atoms with van der Waals surface area (Å²) < 4.78 is 25.5. The molecule has 86 valence electrons. The molecule has 0 radical (unpaired) electrons. The first-order valence-corrected chi connectivity index (χ1v) is 5.04. The third-order valence-electron chi connectivity index (χ3n) is 2.27. The molecule has 0 aliphatic heterocycles. The highest BCUT2D eigenvalue weighted by molar-refractivity contribution is 5.95. The lowest BCUT2D eigenvalue weighted by Crippen LogP contribution is -2.06. The van der Waals surface area contributed by atoms with Crippen LogP contribution in [-0.2, 0) is 6.42 Å². The van der Waals surface area contributed by atoms with Gasteiger partial charge in [0.2, 0.25) is 0 Å². The molecule has 1 aromatic heterocycles. The Labute approximate surface area is 96.9 Å². The van der Waals surface area contributed by atoms with E-state index in [1.807, 2.05) is 0 Å². The van der Waals surface area contributed by atoms with Crippen LogP contribution in [0.2, 0.25) is 0 Å². The summed E-state index contributed by atoms with van der Waals surface area (Å²) in [6, 6.07) is 8.29. The number of rotatable bonds is 3. The Hall–Kier alpha value is -2.10. The van der Waals surface area contributed by atoms with Crippen molar-refractivity contribution in [1.29, 1.82) is 0 Å². The Balaban J connectivity index is 2.14. The van der Waals surface area contributed by atoms with E-state index < -0.39 is 5.82 Å². The van der Waals surface area contributed by atoms with Gasteiger partial charge in [0.25, 0.3) is 0 Å². The fourth-order valence-corrected chi connectivity index (χ4v) is 1.46. The molecule has 0 N–H and O–H groups in total. The molecular weight excluding hydrogens is 224 g/mol. The molecule has 0 saturated heterocycles. The number of pyridine rings is 1. The minimum absolute atomic E-state index is 0.0520. The zero-order chi connectivity index (χ0) is 12.3. The van der Waals surface area contributed by atoms with Crippen molar-refractivity contribution in [3.8, 4) is 0 Å². The lowest BCUT2D eigenvalue weighted by Gasteiger charge is -2.01. The van der Waals surface area contributed by atoms with Crippen LogP contribution in [0.1, 0.15) is 16.1 Å². The fraction of sp³-hybridized carbons (Fsp3) is 0.0769. The molecule has 0 fully saturated rings. The summed E-state index contributed by atoms with van der Waals surface area (Å²) in [7, 11) is 0. The van der Waals surface area contributed by atoms with E-state index in [0.29, 0.717) is 5.56 Å². The van der Waals surface area contributed by atoms with Crippen molar-refractivity contribution in [2.45, 2.75) is 6.42 Å². The third-order valence-corrected chi connectivity index (χ3v) is 2.27. The Kier molecular flexibility index (Phi) is 3.23. The summed E-state index contributed by atoms with van der Waals surface area (Å²) in [5.74, 6) is -1.15. The predicted octanol–water partition coefficient (Wildman–Crippen LogP) is 2.79. The Morgan fingerprint density at radius 3 is 2.59 bits per heavy atom. The number of hydrogen-bond donors (Lipinski definition) is 0. The summed E-state index contributed by atoms with van der Waals surface area (Å²) in [6.07, 6.45) is 1.04. The molecule has 0 atom stereocenters. The molecule has 1 heterocycles. The van der Waals surface area contributed by atoms with Gasteiger partial charge in [0, 0.05) is 6.42 Å². The lowest BCUT2D eigenvalue weighted by molar-refractivity contribution is 0.0988. The molecular formula is C13H9F2NO. The largest absolute Gasteiger partial charge is 0.292 e. The molecule has 2 aromatic rings. The van der Waals surface area contributed by atoms with E-state index in [2.05, 4.69) is 4.98 Å². The van der Waals surface area contributed by atoms with Gasteiger partial charge in [-0.2, -0.15) is 0 Å². The van der Waals surface area contributed by atoms with E-state index in [-0.39, 0.29) is 23.7 Å². The number of Topliss-reactive ketones (excluding diaryl/α,β-unsaturated/α-hetero) is 1. The number of carbonyl (C=O) groups excluding carboxylic acids is 1. The average molecular weight is 233 g/mol. The van der Waals surface area contributed by atoms with Crippen LogP contribution >= 0.6 is 0 Å². The minimum atomic E-state index is -0.493. The highest BCUT2D eigenvalue weighted by atomic mass is 19.1. The first-order chi connectivity index (χ1) is 8.15. The van der Waals surface area contributed by atoms with E-state index in [0.717, 1.165) is 6.20 Å². The van der Waals surface area contributed by atoms with Crippen LogP contribution in [-0.4, -0.2) is 10.8 Å². The quantitative estimate of drug-likeness (QED) is 0.763. The Morgan fingerprint density at radius 2 is 1.94 bits per heavy atom. The SMILES string of the molecule is O=C(Cc1cccc(F)c1)c1ccc(F)cn1. The number of ketones is 1.